The molecule has 120 valence electrons. The van der Waals surface area contributed by atoms with Crippen molar-refractivity contribution < 1.29 is 0 Å². The maximum atomic E-state index is 5.93. The van der Waals surface area contributed by atoms with Crippen LogP contribution in [-0.4, -0.2) is 62.2 Å². The quantitative estimate of drug-likeness (QED) is 0.804. The van der Waals surface area contributed by atoms with E-state index in [1.54, 1.807) is 0 Å². The van der Waals surface area contributed by atoms with Crippen molar-refractivity contribution in [2.45, 2.75) is 51.6 Å². The molecule has 0 amide bonds. The largest absolute Gasteiger partial charge is 0.327 e. The normalized spacial score (nSPS) is 36.3. The highest BCUT2D eigenvalue weighted by Gasteiger charge is 2.23. The van der Waals surface area contributed by atoms with Gasteiger partial charge in [0.2, 0.25) is 0 Å². The second-order valence-electron chi connectivity index (χ2n) is 6.77. The number of rotatable bonds is 2. The summed E-state index contributed by atoms with van der Waals surface area (Å²) in [4.78, 5) is 4.75. The molecule has 2 saturated heterocycles. The highest BCUT2D eigenvalue weighted by Crippen LogP contribution is 2.17. The van der Waals surface area contributed by atoms with Gasteiger partial charge in [0.25, 0.3) is 0 Å². The molecule has 0 saturated carbocycles. The third kappa shape index (κ3) is 5.68. The van der Waals surface area contributed by atoms with E-state index in [1.165, 1.54) is 51.9 Å². The van der Waals surface area contributed by atoms with Crippen LogP contribution in [0.5, 0.6) is 0 Å². The minimum absolute atomic E-state index is 0.459. The van der Waals surface area contributed by atoms with Gasteiger partial charge in [-0.3, -0.25) is 0 Å². The van der Waals surface area contributed by atoms with Gasteiger partial charge in [0.15, 0.2) is 0 Å². The van der Waals surface area contributed by atoms with Gasteiger partial charge in [-0.15, -0.1) is 0 Å². The summed E-state index contributed by atoms with van der Waals surface area (Å²) in [6.07, 6.45) is 4.81. The molecule has 4 atom stereocenters. The zero-order valence-electron chi connectivity index (χ0n) is 14.0. The molecule has 0 aliphatic carbocycles. The topological polar surface area (TPSA) is 58.5 Å². The third-order valence-electron chi connectivity index (χ3n) is 5.04. The van der Waals surface area contributed by atoms with Gasteiger partial charge in [0.05, 0.1) is 0 Å². The van der Waals surface area contributed by atoms with Crippen LogP contribution in [0.25, 0.3) is 0 Å². The van der Waals surface area contributed by atoms with Crippen LogP contribution in [0.1, 0.15) is 39.5 Å². The van der Waals surface area contributed by atoms with E-state index in [2.05, 4.69) is 37.7 Å². The van der Waals surface area contributed by atoms with Crippen molar-refractivity contribution in [3.05, 3.63) is 0 Å². The Balaban J connectivity index is 0.000000200. The molecule has 4 N–H and O–H groups in total. The summed E-state index contributed by atoms with van der Waals surface area (Å²) < 4.78 is 0. The summed E-state index contributed by atoms with van der Waals surface area (Å²) in [6.45, 7) is 9.19. The first-order valence-electron chi connectivity index (χ1n) is 8.36. The van der Waals surface area contributed by atoms with Crippen molar-refractivity contribution in [1.82, 2.24) is 9.80 Å². The summed E-state index contributed by atoms with van der Waals surface area (Å²) in [5.41, 5.74) is 11.9. The molecule has 0 unspecified atom stereocenters. The van der Waals surface area contributed by atoms with Gasteiger partial charge in [-0.05, 0) is 51.9 Å². The van der Waals surface area contributed by atoms with Crippen LogP contribution in [0.4, 0.5) is 0 Å². The second-order valence-corrected chi connectivity index (χ2v) is 6.77. The summed E-state index contributed by atoms with van der Waals surface area (Å²) in [6, 6.07) is 0.919. The van der Waals surface area contributed by atoms with Gasteiger partial charge in [0, 0.05) is 25.2 Å². The molecule has 2 rings (SSSR count). The number of hydrogen-bond donors (Lipinski definition) is 2. The molecule has 4 nitrogen and oxygen atoms in total. The van der Waals surface area contributed by atoms with Gasteiger partial charge >= 0.3 is 0 Å². The lowest BCUT2D eigenvalue weighted by molar-refractivity contribution is 0.182. The van der Waals surface area contributed by atoms with Crippen LogP contribution in [-0.2, 0) is 0 Å². The highest BCUT2D eigenvalue weighted by molar-refractivity contribution is 4.80. The predicted octanol–water partition coefficient (Wildman–Crippen LogP) is 1.35. The second kappa shape index (κ2) is 8.98. The van der Waals surface area contributed by atoms with E-state index in [0.717, 1.165) is 11.8 Å². The van der Waals surface area contributed by atoms with E-state index >= 15 is 0 Å². The van der Waals surface area contributed by atoms with Gasteiger partial charge in [0.1, 0.15) is 0 Å². The molecule has 2 aliphatic rings. The number of likely N-dealkylation sites (tertiary alicyclic amines) is 2. The van der Waals surface area contributed by atoms with E-state index in [9.17, 15) is 0 Å². The van der Waals surface area contributed by atoms with Crippen molar-refractivity contribution in [2.75, 3.05) is 40.3 Å². The fourth-order valence-electron chi connectivity index (χ4n) is 3.33. The van der Waals surface area contributed by atoms with Crippen molar-refractivity contribution in [1.29, 1.82) is 0 Å². The Morgan fingerprint density at radius 1 is 0.800 bits per heavy atom. The van der Waals surface area contributed by atoms with Crippen molar-refractivity contribution in [3.63, 3.8) is 0 Å². The van der Waals surface area contributed by atoms with E-state index in [4.69, 9.17) is 11.5 Å². The van der Waals surface area contributed by atoms with E-state index in [-0.39, 0.29) is 0 Å². The summed E-state index contributed by atoms with van der Waals surface area (Å²) in [5.74, 6) is 1.47. The van der Waals surface area contributed by atoms with Crippen molar-refractivity contribution in [2.24, 2.45) is 23.3 Å². The molecule has 2 aliphatic heterocycles. The average Bonchev–Trinajstić information content (AvgIpc) is 2.44. The third-order valence-corrected chi connectivity index (χ3v) is 5.04. The van der Waals surface area contributed by atoms with Crippen LogP contribution in [0.3, 0.4) is 0 Å². The minimum atomic E-state index is 0.459. The Labute approximate surface area is 125 Å². The zero-order chi connectivity index (χ0) is 15.1. The first kappa shape index (κ1) is 17.9. The lowest BCUT2D eigenvalue weighted by atomic mass is 9.91. The summed E-state index contributed by atoms with van der Waals surface area (Å²) in [5, 5.41) is 0. The molecule has 0 spiro atoms. The molecule has 0 aromatic carbocycles. The van der Waals surface area contributed by atoms with Crippen LogP contribution < -0.4 is 11.5 Å². The molecular weight excluding hydrogens is 248 g/mol. The number of nitrogens with zero attached hydrogens (tertiary/aromatic N) is 2. The standard InChI is InChI=1S/2C8H18N2/c2*1-3-7-6-10(2)5-4-8(7)9/h2*7-8H,3-6,9H2,1-2H3/t2*7-,8-/m10/s1. The molecule has 2 fully saturated rings. The minimum Gasteiger partial charge on any atom is -0.327 e. The monoisotopic (exact) mass is 284 g/mol. The van der Waals surface area contributed by atoms with Crippen LogP contribution in [0.15, 0.2) is 0 Å². The highest BCUT2D eigenvalue weighted by atomic mass is 15.1. The number of piperidine rings is 2. The lowest BCUT2D eigenvalue weighted by Crippen LogP contribution is -2.45. The number of nitrogens with two attached hydrogens (primary N) is 2. The molecule has 4 heteroatoms. The van der Waals surface area contributed by atoms with Crippen LogP contribution in [0.2, 0.25) is 0 Å². The molecule has 0 bridgehead atoms. The van der Waals surface area contributed by atoms with Crippen LogP contribution in [0, 0.1) is 11.8 Å². The molecular formula is C16H36N4. The Kier molecular flexibility index (Phi) is 8.03. The van der Waals surface area contributed by atoms with Gasteiger partial charge in [-0.2, -0.15) is 0 Å². The Morgan fingerprint density at radius 3 is 1.40 bits per heavy atom. The summed E-state index contributed by atoms with van der Waals surface area (Å²) in [7, 11) is 4.35. The molecule has 2 heterocycles. The molecule has 0 radical (unpaired) electrons. The van der Waals surface area contributed by atoms with E-state index in [1.807, 2.05) is 0 Å². The number of hydrogen-bond acceptors (Lipinski definition) is 4. The maximum Gasteiger partial charge on any atom is 0.00914 e. The SMILES string of the molecule is CC[C@@H]1CN(C)CC[C@H]1N.CC[C@H]1CN(C)CC[C@@H]1N. The fourth-order valence-corrected chi connectivity index (χ4v) is 3.33. The maximum absolute atomic E-state index is 5.93. The fraction of sp³-hybridized carbons (Fsp3) is 1.00. The molecule has 0 aromatic rings. The van der Waals surface area contributed by atoms with Gasteiger partial charge < -0.3 is 21.3 Å². The van der Waals surface area contributed by atoms with Gasteiger partial charge in [-0.25, -0.2) is 0 Å². The first-order chi connectivity index (χ1) is 9.47. The average molecular weight is 284 g/mol. The Hall–Kier alpha value is -0.160. The van der Waals surface area contributed by atoms with Gasteiger partial charge in [-0.1, -0.05) is 26.7 Å². The first-order valence-corrected chi connectivity index (χ1v) is 8.36. The predicted molar refractivity (Wildman–Crippen MR) is 87.7 cm³/mol. The van der Waals surface area contributed by atoms with Crippen LogP contribution >= 0.6 is 0 Å². The smallest absolute Gasteiger partial charge is 0.00914 e. The summed E-state index contributed by atoms with van der Waals surface area (Å²) >= 11 is 0. The van der Waals surface area contributed by atoms with Crippen molar-refractivity contribution >= 4 is 0 Å². The van der Waals surface area contributed by atoms with Crippen molar-refractivity contribution in [3.8, 4) is 0 Å². The molecule has 0 aromatic heterocycles. The zero-order valence-corrected chi connectivity index (χ0v) is 14.0. The Bertz CT molecular complexity index is 233. The van der Waals surface area contributed by atoms with E-state index < -0.39 is 0 Å². The lowest BCUT2D eigenvalue weighted by Gasteiger charge is -2.33. The van der Waals surface area contributed by atoms with E-state index in [0.29, 0.717) is 12.1 Å². The molecule has 20 heavy (non-hydrogen) atoms. The Morgan fingerprint density at radius 2 is 1.15 bits per heavy atom.